The molecule has 1 aromatic heterocycles. The van der Waals surface area contributed by atoms with Crippen LogP contribution in [0.2, 0.25) is 0 Å². The zero-order valence-electron chi connectivity index (χ0n) is 14.4. The molecule has 0 atom stereocenters. The summed E-state index contributed by atoms with van der Waals surface area (Å²) in [6, 6.07) is 11.7. The van der Waals surface area contributed by atoms with Gasteiger partial charge in [0.15, 0.2) is 0 Å². The van der Waals surface area contributed by atoms with Crippen molar-refractivity contribution in [1.29, 1.82) is 0 Å². The number of rotatable bonds is 2. The summed E-state index contributed by atoms with van der Waals surface area (Å²) in [5.41, 5.74) is 3.17. The van der Waals surface area contributed by atoms with E-state index in [-0.39, 0.29) is 22.3 Å². The number of hydrogen-bond acceptors (Lipinski definition) is 5. The fourth-order valence-corrected chi connectivity index (χ4v) is 3.80. The highest BCUT2D eigenvalue weighted by molar-refractivity contribution is 6.49. The minimum atomic E-state index is -0.377. The average Bonchev–Trinajstić information content (AvgIpc) is 2.67. The number of fused-ring (bicyclic) bond motifs is 1. The second-order valence-electron chi connectivity index (χ2n) is 6.53. The van der Waals surface area contributed by atoms with Crippen molar-refractivity contribution < 1.29 is 9.59 Å². The Kier molecular flexibility index (Phi) is 4.24. The number of allylic oxidation sites excluding steroid dienone is 2. The van der Waals surface area contributed by atoms with Crippen LogP contribution < -0.4 is 4.90 Å². The molecule has 0 amide bonds. The number of anilines is 1. The monoisotopic (exact) mass is 367 g/mol. The minimum Gasteiger partial charge on any atom is -0.368 e. The normalized spacial score (nSPS) is 17.6. The van der Waals surface area contributed by atoms with Crippen LogP contribution in [-0.4, -0.2) is 47.6 Å². The summed E-state index contributed by atoms with van der Waals surface area (Å²) in [4.78, 5) is 33.6. The van der Waals surface area contributed by atoms with Crippen LogP contribution in [0, 0.1) is 6.92 Å². The van der Waals surface area contributed by atoms with E-state index in [0.29, 0.717) is 24.4 Å². The quantitative estimate of drug-likeness (QED) is 0.816. The number of hydrogen-bond donors (Lipinski definition) is 0. The van der Waals surface area contributed by atoms with E-state index in [0.717, 1.165) is 13.1 Å². The van der Waals surface area contributed by atoms with Crippen LogP contribution in [0.5, 0.6) is 0 Å². The summed E-state index contributed by atoms with van der Waals surface area (Å²) in [7, 11) is 0. The van der Waals surface area contributed by atoms with E-state index >= 15 is 0 Å². The van der Waals surface area contributed by atoms with Gasteiger partial charge >= 0.3 is 0 Å². The molecule has 1 aliphatic heterocycles. The molecule has 1 aromatic carbocycles. The lowest BCUT2D eigenvalue weighted by Crippen LogP contribution is -2.48. The number of ketones is 2. The Morgan fingerprint density at radius 3 is 2.42 bits per heavy atom. The molecule has 2 aliphatic rings. The van der Waals surface area contributed by atoms with Crippen LogP contribution >= 0.6 is 11.6 Å². The summed E-state index contributed by atoms with van der Waals surface area (Å²) >= 11 is 6.28. The first-order chi connectivity index (χ1) is 12.6. The van der Waals surface area contributed by atoms with Gasteiger partial charge in [0, 0.05) is 38.1 Å². The third kappa shape index (κ3) is 2.78. The van der Waals surface area contributed by atoms with Gasteiger partial charge in [-0.15, -0.1) is 0 Å². The van der Waals surface area contributed by atoms with E-state index < -0.39 is 0 Å². The van der Waals surface area contributed by atoms with E-state index in [1.165, 1.54) is 17.4 Å². The minimum absolute atomic E-state index is 0.0230. The molecule has 2 heterocycles. The lowest BCUT2D eigenvalue weighted by atomic mass is 9.95. The van der Waals surface area contributed by atoms with Crippen molar-refractivity contribution in [2.75, 3.05) is 31.1 Å². The van der Waals surface area contributed by atoms with Crippen molar-refractivity contribution in [2.24, 2.45) is 0 Å². The number of nitrogens with zero attached hydrogens (tertiary/aromatic N) is 3. The van der Waals surface area contributed by atoms with Crippen LogP contribution in [0.1, 0.15) is 26.4 Å². The molecule has 2 aromatic rings. The standard InChI is InChI=1S/C20H18ClN3O2/c1-13-4-2-5-14(12-13)23-8-10-24(11-9-23)18-16(21)20(26)17-15(19(18)25)6-3-7-22-17/h2-7,12H,8-11H2,1H3. The number of pyridine rings is 1. The van der Waals surface area contributed by atoms with E-state index in [2.05, 4.69) is 35.0 Å². The summed E-state index contributed by atoms with van der Waals surface area (Å²) in [6.07, 6.45) is 1.50. The SMILES string of the molecule is Cc1cccc(N2CCN(C3=C(Cl)C(=O)c4ncccc4C3=O)CC2)c1. The summed E-state index contributed by atoms with van der Waals surface area (Å²) in [6.45, 7) is 4.86. The van der Waals surface area contributed by atoms with Gasteiger partial charge in [-0.1, -0.05) is 23.7 Å². The number of carbonyl (C=O) groups excluding carboxylic acids is 2. The fraction of sp³-hybridized carbons (Fsp3) is 0.250. The highest BCUT2D eigenvalue weighted by atomic mass is 35.5. The van der Waals surface area contributed by atoms with Crippen molar-refractivity contribution in [3.63, 3.8) is 0 Å². The third-order valence-electron chi connectivity index (χ3n) is 4.85. The molecule has 1 fully saturated rings. The fourth-order valence-electron chi connectivity index (χ4n) is 3.50. The summed E-state index contributed by atoms with van der Waals surface area (Å²) in [5.74, 6) is -0.598. The van der Waals surface area contributed by atoms with Crippen LogP contribution in [-0.2, 0) is 0 Å². The van der Waals surface area contributed by atoms with Crippen molar-refractivity contribution in [3.05, 3.63) is 70.1 Å². The van der Waals surface area contributed by atoms with E-state index in [1.807, 2.05) is 11.0 Å². The van der Waals surface area contributed by atoms with Gasteiger partial charge in [0.1, 0.15) is 16.4 Å². The second kappa shape index (κ2) is 6.57. The van der Waals surface area contributed by atoms with Gasteiger partial charge in [-0.3, -0.25) is 14.6 Å². The average molecular weight is 368 g/mol. The molecule has 0 saturated carbocycles. The van der Waals surface area contributed by atoms with E-state index in [1.54, 1.807) is 12.1 Å². The van der Waals surface area contributed by atoms with Crippen molar-refractivity contribution in [3.8, 4) is 0 Å². The third-order valence-corrected chi connectivity index (χ3v) is 5.20. The first-order valence-electron chi connectivity index (χ1n) is 8.57. The Morgan fingerprint density at radius 2 is 1.69 bits per heavy atom. The molecule has 132 valence electrons. The molecule has 1 saturated heterocycles. The van der Waals surface area contributed by atoms with Crippen LogP contribution in [0.15, 0.2) is 53.3 Å². The topological polar surface area (TPSA) is 53.5 Å². The molecule has 0 spiro atoms. The number of carbonyl (C=O) groups is 2. The maximum atomic E-state index is 12.9. The van der Waals surface area contributed by atoms with Crippen molar-refractivity contribution in [2.45, 2.75) is 6.92 Å². The first-order valence-corrected chi connectivity index (χ1v) is 8.95. The van der Waals surface area contributed by atoms with Gasteiger partial charge in [-0.2, -0.15) is 0 Å². The van der Waals surface area contributed by atoms with Gasteiger partial charge in [-0.25, -0.2) is 0 Å². The van der Waals surface area contributed by atoms with Crippen LogP contribution in [0.3, 0.4) is 0 Å². The molecule has 0 unspecified atom stereocenters. The van der Waals surface area contributed by atoms with Gasteiger partial charge in [0.2, 0.25) is 11.6 Å². The molecule has 4 rings (SSSR count). The molecular weight excluding hydrogens is 350 g/mol. The predicted molar refractivity (Wildman–Crippen MR) is 101 cm³/mol. The van der Waals surface area contributed by atoms with E-state index in [9.17, 15) is 9.59 Å². The molecule has 26 heavy (non-hydrogen) atoms. The van der Waals surface area contributed by atoms with E-state index in [4.69, 9.17) is 11.6 Å². The Hall–Kier alpha value is -2.66. The Morgan fingerprint density at radius 1 is 0.962 bits per heavy atom. The number of Topliss-reactive ketones (excluding diaryl/α,β-unsaturated/α-hetero) is 2. The summed E-state index contributed by atoms with van der Waals surface area (Å²) < 4.78 is 0. The Bertz CT molecular complexity index is 930. The van der Waals surface area contributed by atoms with Crippen molar-refractivity contribution >= 4 is 28.9 Å². The van der Waals surface area contributed by atoms with Gasteiger partial charge in [-0.05, 0) is 36.8 Å². The second-order valence-corrected chi connectivity index (χ2v) is 6.91. The largest absolute Gasteiger partial charge is 0.368 e. The van der Waals surface area contributed by atoms with Crippen LogP contribution in [0.4, 0.5) is 5.69 Å². The zero-order valence-corrected chi connectivity index (χ0v) is 15.2. The van der Waals surface area contributed by atoms with Gasteiger partial charge in [0.25, 0.3) is 0 Å². The van der Waals surface area contributed by atoms with Crippen molar-refractivity contribution in [1.82, 2.24) is 9.88 Å². The van der Waals surface area contributed by atoms with Gasteiger partial charge in [0.05, 0.1) is 5.56 Å². The van der Waals surface area contributed by atoms with Crippen LogP contribution in [0.25, 0.3) is 0 Å². The maximum Gasteiger partial charge on any atom is 0.225 e. The number of aryl methyl sites for hydroxylation is 1. The lowest BCUT2D eigenvalue weighted by Gasteiger charge is -2.39. The number of halogens is 1. The Balaban J connectivity index is 1.57. The molecule has 0 bridgehead atoms. The number of piperazine rings is 1. The first kappa shape index (κ1) is 16.8. The molecule has 1 aliphatic carbocycles. The predicted octanol–water partition coefficient (Wildman–Crippen LogP) is 3.04. The number of benzene rings is 1. The smallest absolute Gasteiger partial charge is 0.225 e. The number of aromatic nitrogens is 1. The highest BCUT2D eigenvalue weighted by Crippen LogP contribution is 2.30. The zero-order chi connectivity index (χ0) is 18.3. The molecule has 0 N–H and O–H groups in total. The Labute approximate surface area is 156 Å². The highest BCUT2D eigenvalue weighted by Gasteiger charge is 2.36. The molecule has 0 radical (unpaired) electrons. The summed E-state index contributed by atoms with van der Waals surface area (Å²) in [5, 5.41) is -0.0230. The van der Waals surface area contributed by atoms with Gasteiger partial charge < -0.3 is 9.80 Å². The molecular formula is C20H18ClN3O2. The molecule has 5 nitrogen and oxygen atoms in total. The lowest BCUT2D eigenvalue weighted by molar-refractivity contribution is 0.0942. The maximum absolute atomic E-state index is 12.9. The molecule has 6 heteroatoms.